The van der Waals surface area contributed by atoms with Crippen LogP contribution in [0.3, 0.4) is 0 Å². The Balaban J connectivity index is 1.54. The van der Waals surface area contributed by atoms with Gasteiger partial charge in [0, 0.05) is 57.7 Å². The zero-order chi connectivity index (χ0) is 18.6. The molecule has 2 aromatic rings. The number of likely N-dealkylation sites (tertiary alicyclic amines) is 1. The van der Waals surface area contributed by atoms with Crippen molar-refractivity contribution in [2.45, 2.75) is 25.8 Å². The molecule has 0 aliphatic carbocycles. The van der Waals surface area contributed by atoms with Gasteiger partial charge in [0.1, 0.15) is 5.82 Å². The van der Waals surface area contributed by atoms with Crippen molar-refractivity contribution in [3.05, 3.63) is 59.2 Å². The van der Waals surface area contributed by atoms with Gasteiger partial charge in [-0.1, -0.05) is 29.8 Å². The van der Waals surface area contributed by atoms with E-state index in [2.05, 4.69) is 50.6 Å². The maximum absolute atomic E-state index is 5.15. The fourth-order valence-electron chi connectivity index (χ4n) is 4.12. The Labute approximate surface area is 166 Å². The highest BCUT2D eigenvalue weighted by molar-refractivity contribution is 7.80. The van der Waals surface area contributed by atoms with Crippen LogP contribution in [0.1, 0.15) is 29.8 Å². The second-order valence-electron chi connectivity index (χ2n) is 7.18. The summed E-state index contributed by atoms with van der Waals surface area (Å²) >= 11 is 5.15. The summed E-state index contributed by atoms with van der Waals surface area (Å²) in [4.78, 5) is 7.25. The van der Waals surface area contributed by atoms with Crippen molar-refractivity contribution >= 4 is 22.9 Å². The summed E-state index contributed by atoms with van der Waals surface area (Å²) in [6.07, 6.45) is 7.34. The van der Waals surface area contributed by atoms with Crippen LogP contribution in [0, 0.1) is 0 Å². The number of imidazole rings is 1. The zero-order valence-electron chi connectivity index (χ0n) is 15.9. The number of piperidine rings is 1. The molecule has 2 aliphatic heterocycles. The fourth-order valence-corrected chi connectivity index (χ4v) is 4.22. The van der Waals surface area contributed by atoms with Crippen LogP contribution in [0.2, 0.25) is 0 Å². The molecule has 27 heavy (non-hydrogen) atoms. The van der Waals surface area contributed by atoms with Crippen LogP contribution >= 0.6 is 12.2 Å². The molecular weight excluding hydrogens is 354 g/mol. The summed E-state index contributed by atoms with van der Waals surface area (Å²) in [5.41, 5.74) is 5.75. The van der Waals surface area contributed by atoms with Gasteiger partial charge in [0.2, 0.25) is 0 Å². The molecule has 0 spiro atoms. The average Bonchev–Trinajstić information content (AvgIpc) is 3.10. The third-order valence-corrected chi connectivity index (χ3v) is 5.95. The Morgan fingerprint density at radius 2 is 1.96 bits per heavy atom. The van der Waals surface area contributed by atoms with Crippen molar-refractivity contribution in [1.29, 1.82) is 0 Å². The van der Waals surface area contributed by atoms with Crippen LogP contribution in [-0.2, 0) is 13.0 Å². The lowest BCUT2D eigenvalue weighted by Crippen LogP contribution is -2.40. The molecule has 5 nitrogen and oxygen atoms in total. The number of hydrogen-bond acceptors (Lipinski definition) is 3. The van der Waals surface area contributed by atoms with Gasteiger partial charge in [0.15, 0.2) is 5.11 Å². The van der Waals surface area contributed by atoms with E-state index >= 15 is 0 Å². The number of benzene rings is 1. The van der Waals surface area contributed by atoms with Gasteiger partial charge in [-0.15, -0.1) is 0 Å². The summed E-state index contributed by atoms with van der Waals surface area (Å²) in [5, 5.41) is 6.92. The van der Waals surface area contributed by atoms with E-state index in [1.54, 1.807) is 5.57 Å². The lowest BCUT2D eigenvalue weighted by atomic mass is 9.90. The molecule has 3 heterocycles. The van der Waals surface area contributed by atoms with Crippen molar-refractivity contribution in [2.24, 2.45) is 0 Å². The summed E-state index contributed by atoms with van der Waals surface area (Å²) in [6.45, 7) is 5.10. The fraction of sp³-hybridized carbons (Fsp3) is 0.429. The van der Waals surface area contributed by atoms with E-state index in [-0.39, 0.29) is 0 Å². The number of hydrogen-bond donors (Lipinski definition) is 2. The molecule has 1 aromatic heterocycles. The van der Waals surface area contributed by atoms with E-state index in [0.717, 1.165) is 62.9 Å². The van der Waals surface area contributed by atoms with Gasteiger partial charge in [-0.05, 0) is 42.6 Å². The standard InChI is InChI=1S/C21H27N5S/c1-22-21(27)24-9-14-25-11-6-17(7-12-25)19-18-5-3-2-4-16(18)8-13-26-15-10-23-20(19)26/h2-5,10,15H,6-9,11-14H2,1H3,(H2,22,24,27). The van der Waals surface area contributed by atoms with Crippen LogP contribution in [-0.4, -0.2) is 52.8 Å². The highest BCUT2D eigenvalue weighted by atomic mass is 32.1. The van der Waals surface area contributed by atoms with Gasteiger partial charge < -0.3 is 20.1 Å². The lowest BCUT2D eigenvalue weighted by molar-refractivity contribution is 0.261. The molecule has 2 N–H and O–H groups in total. The lowest BCUT2D eigenvalue weighted by Gasteiger charge is -2.30. The molecule has 1 saturated heterocycles. The first-order valence-corrected chi connectivity index (χ1v) is 10.2. The number of thiocarbonyl (C=S) groups is 1. The van der Waals surface area contributed by atoms with Gasteiger partial charge in [0.25, 0.3) is 0 Å². The van der Waals surface area contributed by atoms with E-state index in [1.807, 2.05) is 13.2 Å². The van der Waals surface area contributed by atoms with Crippen molar-refractivity contribution in [2.75, 3.05) is 33.2 Å². The highest BCUT2D eigenvalue weighted by Crippen LogP contribution is 2.35. The normalized spacial score (nSPS) is 17.1. The second kappa shape index (κ2) is 8.23. The van der Waals surface area contributed by atoms with Gasteiger partial charge in [0.05, 0.1) is 0 Å². The molecule has 1 fully saturated rings. The molecular formula is C21H27N5S. The van der Waals surface area contributed by atoms with Gasteiger partial charge in [-0.25, -0.2) is 4.98 Å². The average molecular weight is 382 g/mol. The smallest absolute Gasteiger partial charge is 0.166 e. The maximum Gasteiger partial charge on any atom is 0.166 e. The van der Waals surface area contributed by atoms with Gasteiger partial charge in [-0.3, -0.25) is 0 Å². The minimum Gasteiger partial charge on any atom is -0.366 e. The van der Waals surface area contributed by atoms with Gasteiger partial charge in [-0.2, -0.15) is 0 Å². The van der Waals surface area contributed by atoms with E-state index < -0.39 is 0 Å². The van der Waals surface area contributed by atoms with E-state index in [0.29, 0.717) is 0 Å². The minimum atomic E-state index is 0.719. The molecule has 0 bridgehead atoms. The van der Waals surface area contributed by atoms with Crippen LogP contribution in [0.25, 0.3) is 5.57 Å². The van der Waals surface area contributed by atoms with Crippen molar-refractivity contribution in [3.63, 3.8) is 0 Å². The van der Waals surface area contributed by atoms with Crippen LogP contribution in [0.5, 0.6) is 0 Å². The van der Waals surface area contributed by atoms with Crippen molar-refractivity contribution < 1.29 is 0 Å². The molecule has 0 radical (unpaired) electrons. The van der Waals surface area contributed by atoms with Crippen LogP contribution in [0.15, 0.2) is 42.2 Å². The number of rotatable bonds is 3. The van der Waals surface area contributed by atoms with E-state index in [9.17, 15) is 0 Å². The molecule has 1 aromatic carbocycles. The molecule has 0 saturated carbocycles. The second-order valence-corrected chi connectivity index (χ2v) is 7.59. The molecule has 2 aliphatic rings. The topological polar surface area (TPSA) is 45.1 Å². The molecule has 0 atom stereocenters. The number of nitrogens with one attached hydrogen (secondary N) is 2. The van der Waals surface area contributed by atoms with Gasteiger partial charge >= 0.3 is 0 Å². The number of aromatic nitrogens is 2. The predicted octanol–water partition coefficient (Wildman–Crippen LogP) is 2.43. The highest BCUT2D eigenvalue weighted by Gasteiger charge is 2.24. The summed E-state index contributed by atoms with van der Waals surface area (Å²) in [6, 6.07) is 8.86. The first-order chi connectivity index (χ1) is 13.3. The first-order valence-electron chi connectivity index (χ1n) is 9.76. The maximum atomic E-state index is 5.15. The zero-order valence-corrected chi connectivity index (χ0v) is 16.7. The van der Waals surface area contributed by atoms with E-state index in [1.165, 1.54) is 16.7 Å². The Kier molecular flexibility index (Phi) is 5.55. The van der Waals surface area contributed by atoms with Crippen LogP contribution in [0.4, 0.5) is 0 Å². The largest absolute Gasteiger partial charge is 0.366 e. The quantitative estimate of drug-likeness (QED) is 0.800. The Morgan fingerprint density at radius 1 is 1.15 bits per heavy atom. The molecule has 0 unspecified atom stereocenters. The minimum absolute atomic E-state index is 0.719. The third kappa shape index (κ3) is 3.92. The number of aryl methyl sites for hydroxylation is 2. The number of nitrogens with zero attached hydrogens (tertiary/aromatic N) is 3. The molecule has 0 amide bonds. The molecule has 6 heteroatoms. The summed E-state index contributed by atoms with van der Waals surface area (Å²) in [7, 11) is 1.85. The Morgan fingerprint density at radius 3 is 2.78 bits per heavy atom. The van der Waals surface area contributed by atoms with E-state index in [4.69, 9.17) is 17.2 Å². The predicted molar refractivity (Wildman–Crippen MR) is 114 cm³/mol. The van der Waals surface area contributed by atoms with Crippen molar-refractivity contribution in [1.82, 2.24) is 25.1 Å². The summed E-state index contributed by atoms with van der Waals surface area (Å²) < 4.78 is 2.32. The summed E-state index contributed by atoms with van der Waals surface area (Å²) in [5.74, 6) is 1.14. The monoisotopic (exact) mass is 381 g/mol. The van der Waals surface area contributed by atoms with Crippen LogP contribution < -0.4 is 10.6 Å². The first kappa shape index (κ1) is 18.2. The number of fused-ring (bicyclic) bond motifs is 2. The molecule has 4 rings (SSSR count). The Bertz CT molecular complexity index is 844. The van der Waals surface area contributed by atoms with Crippen molar-refractivity contribution in [3.8, 4) is 0 Å². The Hall–Kier alpha value is -2.18. The SMILES string of the molecule is CNC(=S)NCCN1CCC(=C2c3ccccc3CCn3ccnc32)CC1. The molecule has 142 valence electrons. The third-order valence-electron chi connectivity index (χ3n) is 5.60.